The van der Waals surface area contributed by atoms with Crippen LogP contribution in [0.5, 0.6) is 0 Å². The fourth-order valence-corrected chi connectivity index (χ4v) is 0.776. The van der Waals surface area contributed by atoms with Gasteiger partial charge in [-0.1, -0.05) is 0 Å². The molecule has 0 amide bonds. The second kappa shape index (κ2) is 5.11. The molecule has 0 bridgehead atoms. The average Bonchev–Trinajstić information content (AvgIpc) is 2.84. The van der Waals surface area contributed by atoms with Crippen LogP contribution in [-0.2, 0) is 14.3 Å². The van der Waals surface area contributed by atoms with Crippen molar-refractivity contribution in [3.8, 4) is 0 Å². The van der Waals surface area contributed by atoms with E-state index < -0.39 is 0 Å². The van der Waals surface area contributed by atoms with Crippen molar-refractivity contribution in [2.45, 2.75) is 12.8 Å². The zero-order valence-corrected chi connectivity index (χ0v) is 7.12. The molecule has 0 radical (unpaired) electrons. The normalized spacial score (nSPS) is 16.1. The zero-order chi connectivity index (χ0) is 8.81. The summed E-state index contributed by atoms with van der Waals surface area (Å²) < 4.78 is 9.81. The second-order valence-electron chi connectivity index (χ2n) is 2.97. The molecule has 0 aromatic rings. The number of hydrogen-bond acceptors (Lipinski definition) is 4. The summed E-state index contributed by atoms with van der Waals surface area (Å²) in [7, 11) is 0. The van der Waals surface area contributed by atoms with E-state index in [1.54, 1.807) is 0 Å². The quantitative estimate of drug-likeness (QED) is 0.450. The number of nitrogens with two attached hydrogens (primary N) is 1. The van der Waals surface area contributed by atoms with E-state index in [4.69, 9.17) is 15.2 Å². The van der Waals surface area contributed by atoms with Crippen LogP contribution in [0.1, 0.15) is 12.8 Å². The first-order valence-electron chi connectivity index (χ1n) is 4.26. The number of ether oxygens (including phenoxy) is 2. The minimum absolute atomic E-state index is 0.0317. The van der Waals surface area contributed by atoms with E-state index in [2.05, 4.69) is 0 Å². The average molecular weight is 173 g/mol. The van der Waals surface area contributed by atoms with Crippen LogP contribution >= 0.6 is 0 Å². The van der Waals surface area contributed by atoms with E-state index in [1.165, 1.54) is 12.8 Å². The van der Waals surface area contributed by atoms with Gasteiger partial charge in [0.25, 0.3) is 0 Å². The van der Waals surface area contributed by atoms with E-state index in [9.17, 15) is 4.79 Å². The molecule has 0 unspecified atom stereocenters. The predicted octanol–water partition coefficient (Wildman–Crippen LogP) is -0.0851. The van der Waals surface area contributed by atoms with Gasteiger partial charge in [0.1, 0.15) is 6.61 Å². The molecular formula is C8H15NO3. The van der Waals surface area contributed by atoms with E-state index in [-0.39, 0.29) is 12.6 Å². The van der Waals surface area contributed by atoms with Crippen molar-refractivity contribution in [1.29, 1.82) is 0 Å². The summed E-state index contributed by atoms with van der Waals surface area (Å²) in [6.45, 7) is 1.45. The van der Waals surface area contributed by atoms with Gasteiger partial charge < -0.3 is 15.2 Å². The highest BCUT2D eigenvalue weighted by Crippen LogP contribution is 2.28. The monoisotopic (exact) mass is 173 g/mol. The van der Waals surface area contributed by atoms with Gasteiger partial charge in [0.15, 0.2) is 0 Å². The van der Waals surface area contributed by atoms with E-state index in [0.717, 1.165) is 0 Å². The van der Waals surface area contributed by atoms with E-state index in [1.807, 2.05) is 0 Å². The molecule has 1 fully saturated rings. The van der Waals surface area contributed by atoms with Gasteiger partial charge >= 0.3 is 5.97 Å². The first-order valence-corrected chi connectivity index (χ1v) is 4.26. The van der Waals surface area contributed by atoms with Gasteiger partial charge in [0.2, 0.25) is 0 Å². The van der Waals surface area contributed by atoms with Gasteiger partial charge in [-0.3, -0.25) is 0 Å². The number of carbonyl (C=O) groups is 1. The molecule has 4 nitrogen and oxygen atoms in total. The van der Waals surface area contributed by atoms with Gasteiger partial charge in [-0.15, -0.1) is 0 Å². The smallest absolute Gasteiger partial charge is 0.332 e. The van der Waals surface area contributed by atoms with Crippen molar-refractivity contribution in [3.63, 3.8) is 0 Å². The Kier molecular flexibility index (Phi) is 4.04. The molecule has 0 heterocycles. The molecule has 1 saturated carbocycles. The van der Waals surface area contributed by atoms with Crippen LogP contribution in [0.25, 0.3) is 0 Å². The van der Waals surface area contributed by atoms with Crippen molar-refractivity contribution < 1.29 is 14.3 Å². The molecule has 0 atom stereocenters. The zero-order valence-electron chi connectivity index (χ0n) is 7.12. The minimum Gasteiger partial charge on any atom is -0.464 e. The molecule has 12 heavy (non-hydrogen) atoms. The van der Waals surface area contributed by atoms with Crippen molar-refractivity contribution in [3.05, 3.63) is 0 Å². The molecule has 0 aliphatic heterocycles. The fraction of sp³-hybridized carbons (Fsp3) is 0.875. The van der Waals surface area contributed by atoms with Crippen LogP contribution in [0, 0.1) is 5.92 Å². The number of rotatable bonds is 6. The molecule has 0 aromatic carbocycles. The maximum atomic E-state index is 10.9. The number of esters is 1. The highest BCUT2D eigenvalue weighted by Gasteiger charge is 2.22. The van der Waals surface area contributed by atoms with Gasteiger partial charge in [0, 0.05) is 6.54 Å². The lowest BCUT2D eigenvalue weighted by Crippen LogP contribution is -2.17. The Balaban J connectivity index is 1.88. The third-order valence-corrected chi connectivity index (χ3v) is 1.66. The van der Waals surface area contributed by atoms with E-state index in [0.29, 0.717) is 25.7 Å². The van der Waals surface area contributed by atoms with Crippen molar-refractivity contribution >= 4 is 5.97 Å². The number of carbonyl (C=O) groups excluding carboxylic acids is 1. The highest BCUT2D eigenvalue weighted by atomic mass is 16.6. The van der Waals surface area contributed by atoms with Crippen LogP contribution in [0.2, 0.25) is 0 Å². The Labute approximate surface area is 72.0 Å². The molecule has 0 spiro atoms. The predicted molar refractivity (Wildman–Crippen MR) is 43.6 cm³/mol. The minimum atomic E-state index is -0.282. The van der Waals surface area contributed by atoms with Crippen LogP contribution in [0.4, 0.5) is 0 Å². The molecule has 70 valence electrons. The third kappa shape index (κ3) is 4.31. The topological polar surface area (TPSA) is 61.5 Å². The lowest BCUT2D eigenvalue weighted by Gasteiger charge is -2.03. The summed E-state index contributed by atoms with van der Waals surface area (Å²) in [5.74, 6) is 0.332. The lowest BCUT2D eigenvalue weighted by atomic mass is 10.5. The Hall–Kier alpha value is -0.610. The number of hydrogen-bond donors (Lipinski definition) is 1. The Morgan fingerprint density at radius 2 is 2.25 bits per heavy atom. The maximum absolute atomic E-state index is 10.9. The summed E-state index contributed by atoms with van der Waals surface area (Å²) in [5.41, 5.74) is 5.17. The van der Waals surface area contributed by atoms with Gasteiger partial charge in [0.05, 0.1) is 13.2 Å². The maximum Gasteiger partial charge on any atom is 0.332 e. The van der Waals surface area contributed by atoms with Crippen LogP contribution in [0.15, 0.2) is 0 Å². The molecule has 4 heteroatoms. The summed E-state index contributed by atoms with van der Waals surface area (Å²) >= 11 is 0. The highest BCUT2D eigenvalue weighted by molar-refractivity contribution is 5.70. The van der Waals surface area contributed by atoms with Gasteiger partial charge in [-0.05, 0) is 18.8 Å². The molecular weight excluding hydrogens is 158 g/mol. The van der Waals surface area contributed by atoms with E-state index >= 15 is 0 Å². The Bertz CT molecular complexity index is 145. The SMILES string of the molecule is NCCOCC(=O)OCC1CC1. The van der Waals surface area contributed by atoms with Gasteiger partial charge in [-0.2, -0.15) is 0 Å². The van der Waals surface area contributed by atoms with Crippen LogP contribution < -0.4 is 5.73 Å². The Morgan fingerprint density at radius 1 is 1.50 bits per heavy atom. The van der Waals surface area contributed by atoms with Crippen LogP contribution in [-0.4, -0.2) is 32.3 Å². The first-order chi connectivity index (χ1) is 5.83. The third-order valence-electron chi connectivity index (χ3n) is 1.66. The standard InChI is InChI=1S/C8H15NO3/c9-3-4-11-6-8(10)12-5-7-1-2-7/h7H,1-6,9H2. The summed E-state index contributed by atoms with van der Waals surface area (Å²) in [6, 6.07) is 0. The summed E-state index contributed by atoms with van der Waals surface area (Å²) in [4.78, 5) is 10.9. The fourth-order valence-electron chi connectivity index (χ4n) is 0.776. The Morgan fingerprint density at radius 3 is 2.83 bits per heavy atom. The summed E-state index contributed by atoms with van der Waals surface area (Å²) in [5, 5.41) is 0. The van der Waals surface area contributed by atoms with Crippen molar-refractivity contribution in [1.82, 2.24) is 0 Å². The molecule has 1 rings (SSSR count). The molecule has 0 saturated heterocycles. The summed E-state index contributed by atoms with van der Waals surface area (Å²) in [6.07, 6.45) is 2.38. The van der Waals surface area contributed by atoms with Crippen molar-refractivity contribution in [2.24, 2.45) is 11.7 Å². The molecule has 2 N–H and O–H groups in total. The van der Waals surface area contributed by atoms with Gasteiger partial charge in [-0.25, -0.2) is 4.79 Å². The lowest BCUT2D eigenvalue weighted by molar-refractivity contribution is -0.149. The molecule has 1 aliphatic carbocycles. The molecule has 1 aliphatic rings. The van der Waals surface area contributed by atoms with Crippen LogP contribution in [0.3, 0.4) is 0 Å². The first kappa shape index (κ1) is 9.48. The van der Waals surface area contributed by atoms with Crippen molar-refractivity contribution in [2.75, 3.05) is 26.4 Å². The molecule has 0 aromatic heterocycles. The second-order valence-corrected chi connectivity index (χ2v) is 2.97. The largest absolute Gasteiger partial charge is 0.464 e.